The summed E-state index contributed by atoms with van der Waals surface area (Å²) in [6.07, 6.45) is 0.181. The van der Waals surface area contributed by atoms with Gasteiger partial charge in [0.15, 0.2) is 0 Å². The van der Waals surface area contributed by atoms with Crippen LogP contribution in [-0.4, -0.2) is 36.2 Å². The van der Waals surface area contributed by atoms with Gasteiger partial charge in [0, 0.05) is 18.8 Å². The summed E-state index contributed by atoms with van der Waals surface area (Å²) in [5.41, 5.74) is 2.11. The van der Waals surface area contributed by atoms with E-state index in [1.807, 2.05) is 30.9 Å². The third kappa shape index (κ3) is 3.73. The second-order valence-corrected chi connectivity index (χ2v) is 5.87. The second-order valence-electron chi connectivity index (χ2n) is 5.87. The molecule has 1 fully saturated rings. The van der Waals surface area contributed by atoms with E-state index in [2.05, 4.69) is 31.3 Å². The van der Waals surface area contributed by atoms with E-state index >= 15 is 0 Å². The molecular weight excluding hydrogens is 252 g/mol. The summed E-state index contributed by atoms with van der Waals surface area (Å²) >= 11 is 0. The number of nitrogens with one attached hydrogen (secondary N) is 1. The van der Waals surface area contributed by atoms with Gasteiger partial charge in [0.05, 0.1) is 12.2 Å². The van der Waals surface area contributed by atoms with E-state index in [9.17, 15) is 4.79 Å². The lowest BCUT2D eigenvalue weighted by Crippen LogP contribution is -2.49. The minimum Gasteiger partial charge on any atom is -0.372 e. The Kier molecular flexibility index (Phi) is 4.65. The van der Waals surface area contributed by atoms with Gasteiger partial charge in [0.25, 0.3) is 0 Å². The fourth-order valence-corrected chi connectivity index (χ4v) is 2.50. The molecule has 1 aromatic rings. The number of amides is 2. The summed E-state index contributed by atoms with van der Waals surface area (Å²) < 4.78 is 5.64. The lowest BCUT2D eigenvalue weighted by Gasteiger charge is -2.35. The van der Waals surface area contributed by atoms with Crippen molar-refractivity contribution in [3.63, 3.8) is 0 Å². The fourth-order valence-electron chi connectivity index (χ4n) is 2.50. The highest BCUT2D eigenvalue weighted by Gasteiger charge is 2.25. The van der Waals surface area contributed by atoms with Gasteiger partial charge in [0.2, 0.25) is 0 Å². The minimum absolute atomic E-state index is 0.0516. The number of carbonyl (C=O) groups excluding carboxylic acids is 1. The molecule has 1 heterocycles. The van der Waals surface area contributed by atoms with Gasteiger partial charge in [0.1, 0.15) is 0 Å². The van der Waals surface area contributed by atoms with Crippen molar-refractivity contribution >= 4 is 11.7 Å². The molecule has 0 aliphatic carbocycles. The van der Waals surface area contributed by atoms with Crippen molar-refractivity contribution in [1.29, 1.82) is 0 Å². The number of anilines is 1. The second kappa shape index (κ2) is 6.27. The summed E-state index contributed by atoms with van der Waals surface area (Å²) in [5.74, 6) is 0.501. The number of urea groups is 1. The maximum Gasteiger partial charge on any atom is 0.322 e. The zero-order valence-corrected chi connectivity index (χ0v) is 12.7. The van der Waals surface area contributed by atoms with Crippen LogP contribution >= 0.6 is 0 Å². The first kappa shape index (κ1) is 14.9. The van der Waals surface area contributed by atoms with Crippen molar-refractivity contribution in [2.75, 3.05) is 18.4 Å². The molecule has 20 heavy (non-hydrogen) atoms. The highest BCUT2D eigenvalue weighted by molar-refractivity contribution is 5.89. The van der Waals surface area contributed by atoms with E-state index in [1.54, 1.807) is 0 Å². The predicted octanol–water partition coefficient (Wildman–Crippen LogP) is 3.45. The number of nitrogens with zero attached hydrogens (tertiary/aromatic N) is 1. The number of carbonyl (C=O) groups is 1. The molecule has 0 bridgehead atoms. The molecule has 4 heteroatoms. The van der Waals surface area contributed by atoms with Crippen molar-refractivity contribution < 1.29 is 9.53 Å². The topological polar surface area (TPSA) is 41.6 Å². The van der Waals surface area contributed by atoms with Crippen LogP contribution in [0.25, 0.3) is 0 Å². The Hall–Kier alpha value is -1.55. The van der Waals surface area contributed by atoms with Crippen LogP contribution in [0.1, 0.15) is 39.2 Å². The van der Waals surface area contributed by atoms with E-state index < -0.39 is 0 Å². The zero-order chi connectivity index (χ0) is 14.7. The molecule has 4 nitrogen and oxygen atoms in total. The van der Waals surface area contributed by atoms with Crippen LogP contribution in [0.5, 0.6) is 0 Å². The molecule has 0 radical (unpaired) electrons. The highest BCUT2D eigenvalue weighted by Crippen LogP contribution is 2.18. The molecule has 0 saturated carbocycles. The van der Waals surface area contributed by atoms with Gasteiger partial charge in [-0.2, -0.15) is 0 Å². The molecule has 1 N–H and O–H groups in total. The lowest BCUT2D eigenvalue weighted by atomic mass is 10.0. The number of morpholine rings is 1. The van der Waals surface area contributed by atoms with Crippen molar-refractivity contribution in [3.05, 3.63) is 29.8 Å². The number of hydrogen-bond donors (Lipinski definition) is 1. The lowest BCUT2D eigenvalue weighted by molar-refractivity contribution is -0.0530. The van der Waals surface area contributed by atoms with E-state index in [0.29, 0.717) is 19.0 Å². The van der Waals surface area contributed by atoms with Gasteiger partial charge in [-0.3, -0.25) is 0 Å². The molecule has 2 unspecified atom stereocenters. The van der Waals surface area contributed by atoms with Crippen molar-refractivity contribution in [2.45, 2.75) is 45.8 Å². The summed E-state index contributed by atoms with van der Waals surface area (Å²) in [6, 6.07) is 7.99. The Morgan fingerprint density at radius 2 is 1.75 bits per heavy atom. The van der Waals surface area contributed by atoms with Gasteiger partial charge in [-0.15, -0.1) is 0 Å². The van der Waals surface area contributed by atoms with E-state index in [4.69, 9.17) is 4.74 Å². The van der Waals surface area contributed by atoms with Crippen LogP contribution in [0.15, 0.2) is 24.3 Å². The molecule has 2 atom stereocenters. The maximum absolute atomic E-state index is 12.2. The molecular formula is C16H24N2O2. The van der Waals surface area contributed by atoms with Crippen LogP contribution < -0.4 is 5.32 Å². The largest absolute Gasteiger partial charge is 0.372 e. The smallest absolute Gasteiger partial charge is 0.322 e. The van der Waals surface area contributed by atoms with Crippen LogP contribution in [0.2, 0.25) is 0 Å². The van der Waals surface area contributed by atoms with Crippen LogP contribution in [0.3, 0.4) is 0 Å². The Balaban J connectivity index is 1.97. The Morgan fingerprint density at radius 1 is 1.20 bits per heavy atom. The molecule has 0 spiro atoms. The first-order valence-electron chi connectivity index (χ1n) is 7.27. The number of hydrogen-bond acceptors (Lipinski definition) is 2. The van der Waals surface area contributed by atoms with Gasteiger partial charge < -0.3 is 15.0 Å². The summed E-state index contributed by atoms with van der Waals surface area (Å²) in [7, 11) is 0. The normalized spacial score (nSPS) is 22.9. The molecule has 110 valence electrons. The first-order valence-corrected chi connectivity index (χ1v) is 7.27. The van der Waals surface area contributed by atoms with Gasteiger partial charge >= 0.3 is 6.03 Å². The van der Waals surface area contributed by atoms with Crippen molar-refractivity contribution in [2.24, 2.45) is 0 Å². The molecule has 1 aliphatic rings. The van der Waals surface area contributed by atoms with Crippen molar-refractivity contribution in [1.82, 2.24) is 4.90 Å². The Labute approximate surface area is 121 Å². The summed E-state index contributed by atoms with van der Waals surface area (Å²) in [6.45, 7) is 9.58. The molecule has 1 aliphatic heterocycles. The molecule has 0 aromatic heterocycles. The fraction of sp³-hybridized carbons (Fsp3) is 0.562. The minimum atomic E-state index is -0.0516. The van der Waals surface area contributed by atoms with E-state index in [-0.39, 0.29) is 18.2 Å². The number of ether oxygens (including phenoxy) is 1. The maximum atomic E-state index is 12.2. The Morgan fingerprint density at radius 3 is 2.25 bits per heavy atom. The van der Waals surface area contributed by atoms with Crippen LogP contribution in [-0.2, 0) is 4.74 Å². The zero-order valence-electron chi connectivity index (χ0n) is 12.7. The van der Waals surface area contributed by atoms with Gasteiger partial charge in [-0.05, 0) is 37.5 Å². The monoisotopic (exact) mass is 276 g/mol. The van der Waals surface area contributed by atoms with Crippen molar-refractivity contribution in [3.8, 4) is 0 Å². The summed E-state index contributed by atoms with van der Waals surface area (Å²) in [5, 5.41) is 2.95. The summed E-state index contributed by atoms with van der Waals surface area (Å²) in [4.78, 5) is 14.1. The quantitative estimate of drug-likeness (QED) is 0.899. The standard InChI is InChI=1S/C16H24N2O2/c1-11(2)14-5-7-15(8-6-14)17-16(19)18-9-12(3)20-13(4)10-18/h5-8,11-13H,9-10H2,1-4H3,(H,17,19). The molecule has 1 saturated heterocycles. The van der Waals surface area contributed by atoms with Crippen LogP contribution in [0, 0.1) is 0 Å². The van der Waals surface area contributed by atoms with E-state index in [0.717, 1.165) is 5.69 Å². The number of benzene rings is 1. The highest BCUT2D eigenvalue weighted by atomic mass is 16.5. The predicted molar refractivity (Wildman–Crippen MR) is 81.1 cm³/mol. The first-order chi connectivity index (χ1) is 9.45. The van der Waals surface area contributed by atoms with Crippen LogP contribution in [0.4, 0.5) is 10.5 Å². The van der Waals surface area contributed by atoms with E-state index in [1.165, 1.54) is 5.56 Å². The molecule has 2 rings (SSSR count). The number of rotatable bonds is 2. The Bertz CT molecular complexity index is 446. The molecule has 1 aromatic carbocycles. The average Bonchev–Trinajstić information content (AvgIpc) is 2.38. The molecule has 2 amide bonds. The van der Waals surface area contributed by atoms with Gasteiger partial charge in [-0.25, -0.2) is 4.79 Å². The van der Waals surface area contributed by atoms with Gasteiger partial charge in [-0.1, -0.05) is 26.0 Å². The third-order valence-corrected chi connectivity index (χ3v) is 3.54. The average molecular weight is 276 g/mol. The third-order valence-electron chi connectivity index (χ3n) is 3.54. The SMILES string of the molecule is CC1CN(C(=O)Nc2ccc(C(C)C)cc2)CC(C)O1.